The van der Waals surface area contributed by atoms with Gasteiger partial charge in [0.05, 0.1) is 34.4 Å². The molecule has 0 aliphatic heterocycles. The van der Waals surface area contributed by atoms with Crippen molar-refractivity contribution >= 4 is 17.9 Å². The number of hydrogen-bond acceptors (Lipinski definition) is 7. The molecule has 0 aliphatic carbocycles. The minimum absolute atomic E-state index is 0.163. The minimum atomic E-state index is -1.54. The average molecular weight is 1120 g/mol. The molecule has 0 saturated heterocycles. The van der Waals surface area contributed by atoms with Crippen LogP contribution in [0, 0.1) is 0 Å². The van der Waals surface area contributed by atoms with Gasteiger partial charge in [-0.25, -0.2) is 4.79 Å². The molecular formula is C72H110NO8+. The number of carboxylic acids is 1. The van der Waals surface area contributed by atoms with Gasteiger partial charge in [0, 0.05) is 12.8 Å². The number of carbonyl (C=O) groups is 3. The van der Waals surface area contributed by atoms with Crippen LogP contribution in [0.25, 0.3) is 0 Å². The van der Waals surface area contributed by atoms with Gasteiger partial charge in [-0.15, -0.1) is 0 Å². The molecule has 0 rings (SSSR count). The van der Waals surface area contributed by atoms with E-state index in [1.54, 1.807) is 0 Å². The maximum absolute atomic E-state index is 12.9. The van der Waals surface area contributed by atoms with Crippen molar-refractivity contribution in [2.24, 2.45) is 0 Å². The molecule has 450 valence electrons. The van der Waals surface area contributed by atoms with E-state index >= 15 is 0 Å². The standard InChI is InChI=1S/C72H109NO8/c1-6-8-10-12-14-16-18-20-22-24-25-26-27-28-29-30-31-32-33-34-35-36-37-38-39-40-41-42-43-44-45-47-49-51-53-55-57-59-61-63-70(75)81-68(67-80-72(71(76)77)78-65-64-73(3,4)5)66-79-69(74)62-60-58-56-54-52-50-48-46-23-21-19-17-15-13-11-9-7-2/h8-11,14-17,20-23,25-26,28-29,31-32,34-35,37-38,40-41,43-44,47-50,53,55,68,72H,6-7,12-13,18-19,24,27,30,33,36,39,42,45-46,51-52,54,56-67H2,1-5H3/p+1/b10-8-,11-9-,16-14-,17-15-,22-20-,23-21-,26-25-,29-28-,32-31-,35-34-,38-37-,41-40-,44-43-,49-47-,50-48-,55-53-. The molecule has 0 amide bonds. The van der Waals surface area contributed by atoms with Crippen LogP contribution in [0.4, 0.5) is 0 Å². The Labute approximate surface area is 493 Å². The number of nitrogens with zero attached hydrogens (tertiary/aromatic N) is 1. The Bertz CT molecular complexity index is 2020. The first-order chi connectivity index (χ1) is 39.6. The van der Waals surface area contributed by atoms with Gasteiger partial charge >= 0.3 is 17.9 Å². The van der Waals surface area contributed by atoms with Crippen LogP contribution in [0.2, 0.25) is 0 Å². The molecule has 0 saturated carbocycles. The van der Waals surface area contributed by atoms with Gasteiger partial charge in [-0.05, 0) is 141 Å². The van der Waals surface area contributed by atoms with E-state index in [4.69, 9.17) is 18.9 Å². The first-order valence-electron chi connectivity index (χ1n) is 30.6. The number of ether oxygens (including phenoxy) is 4. The minimum Gasteiger partial charge on any atom is -0.477 e. The molecule has 2 atom stereocenters. The molecular weight excluding hydrogens is 1010 g/mol. The van der Waals surface area contributed by atoms with Crippen LogP contribution in [-0.4, -0.2) is 87.4 Å². The van der Waals surface area contributed by atoms with E-state index in [2.05, 4.69) is 208 Å². The number of carbonyl (C=O) groups excluding carboxylic acids is 2. The molecule has 0 aromatic heterocycles. The highest BCUT2D eigenvalue weighted by molar-refractivity contribution is 5.71. The third-order valence-electron chi connectivity index (χ3n) is 11.8. The fraction of sp³-hybridized carbons (Fsp3) is 0.514. The molecule has 9 nitrogen and oxygen atoms in total. The van der Waals surface area contributed by atoms with Gasteiger partial charge in [0.1, 0.15) is 13.2 Å². The fourth-order valence-electron chi connectivity index (χ4n) is 7.22. The molecule has 9 heteroatoms. The Morgan fingerprint density at radius 3 is 1.00 bits per heavy atom. The molecule has 81 heavy (non-hydrogen) atoms. The van der Waals surface area contributed by atoms with Gasteiger partial charge in [-0.2, -0.15) is 0 Å². The Balaban J connectivity index is 4.35. The van der Waals surface area contributed by atoms with Crippen molar-refractivity contribution < 1.29 is 42.9 Å². The molecule has 0 radical (unpaired) electrons. The van der Waals surface area contributed by atoms with Gasteiger partial charge in [-0.1, -0.05) is 221 Å². The average Bonchev–Trinajstić information content (AvgIpc) is 3.44. The predicted molar refractivity (Wildman–Crippen MR) is 345 cm³/mol. The van der Waals surface area contributed by atoms with E-state index in [1.165, 1.54) is 0 Å². The molecule has 0 fully saturated rings. The first kappa shape index (κ1) is 75.1. The van der Waals surface area contributed by atoms with Crippen LogP contribution >= 0.6 is 0 Å². The zero-order valence-electron chi connectivity index (χ0n) is 51.1. The van der Waals surface area contributed by atoms with Gasteiger partial charge in [0.2, 0.25) is 0 Å². The summed E-state index contributed by atoms with van der Waals surface area (Å²) in [6.45, 7) is 4.52. The number of carboxylic acid groups (broad SMARTS) is 1. The highest BCUT2D eigenvalue weighted by Crippen LogP contribution is 2.11. The van der Waals surface area contributed by atoms with E-state index in [0.29, 0.717) is 23.9 Å². The third-order valence-corrected chi connectivity index (χ3v) is 11.8. The van der Waals surface area contributed by atoms with Gasteiger partial charge in [0.25, 0.3) is 6.29 Å². The van der Waals surface area contributed by atoms with Gasteiger partial charge in [-0.3, -0.25) is 9.59 Å². The zero-order chi connectivity index (χ0) is 59.1. The van der Waals surface area contributed by atoms with E-state index in [-0.39, 0.29) is 32.7 Å². The van der Waals surface area contributed by atoms with Crippen molar-refractivity contribution in [3.63, 3.8) is 0 Å². The van der Waals surface area contributed by atoms with Crippen LogP contribution in [0.3, 0.4) is 0 Å². The molecule has 0 aromatic carbocycles. The SMILES string of the molecule is CC/C=C\C/C=C\C/C=C\C/C=C\C/C=C\C/C=C\C/C=C\C/C=C\C/C=C\C/C=C\C/C=C\C/C=C\CCCCC(=O)OC(COC(=O)CCCCCC/C=C\C/C=C\C/C=C\C/C=C\CC)COC(OCC[N+](C)(C)C)C(=O)O. The van der Waals surface area contributed by atoms with E-state index in [1.807, 2.05) is 21.1 Å². The van der Waals surface area contributed by atoms with Crippen LogP contribution in [-0.2, 0) is 33.3 Å². The molecule has 0 aromatic rings. The second-order valence-electron chi connectivity index (χ2n) is 20.5. The highest BCUT2D eigenvalue weighted by atomic mass is 16.7. The third kappa shape index (κ3) is 61.6. The summed E-state index contributed by atoms with van der Waals surface area (Å²) in [5, 5.41) is 9.70. The summed E-state index contributed by atoms with van der Waals surface area (Å²) in [4.78, 5) is 37.4. The lowest BCUT2D eigenvalue weighted by Crippen LogP contribution is -2.40. The fourth-order valence-corrected chi connectivity index (χ4v) is 7.22. The predicted octanol–water partition coefficient (Wildman–Crippen LogP) is 18.7. The number of allylic oxidation sites excluding steroid dienone is 32. The summed E-state index contributed by atoms with van der Waals surface area (Å²) in [5.41, 5.74) is 0. The topological polar surface area (TPSA) is 108 Å². The molecule has 1 N–H and O–H groups in total. The maximum atomic E-state index is 12.9. The zero-order valence-corrected chi connectivity index (χ0v) is 51.1. The van der Waals surface area contributed by atoms with Crippen LogP contribution in [0.1, 0.15) is 181 Å². The van der Waals surface area contributed by atoms with E-state index in [0.717, 1.165) is 141 Å². The molecule has 0 spiro atoms. The smallest absolute Gasteiger partial charge is 0.361 e. The van der Waals surface area contributed by atoms with E-state index in [9.17, 15) is 19.5 Å². The second-order valence-corrected chi connectivity index (χ2v) is 20.5. The van der Waals surface area contributed by atoms with Gasteiger partial charge < -0.3 is 28.5 Å². The van der Waals surface area contributed by atoms with Gasteiger partial charge in [0.15, 0.2) is 6.10 Å². The second kappa shape index (κ2) is 60.2. The number of aliphatic carboxylic acids is 1. The Morgan fingerprint density at radius 1 is 0.370 bits per heavy atom. The number of quaternary nitrogens is 1. The number of rotatable bonds is 53. The number of likely N-dealkylation sites (N-methyl/N-ethyl adjacent to an activating group) is 1. The van der Waals surface area contributed by atoms with Crippen LogP contribution in [0.15, 0.2) is 194 Å². The lowest BCUT2D eigenvalue weighted by Gasteiger charge is -2.25. The quantitative estimate of drug-likeness (QED) is 0.0211. The Hall–Kier alpha value is -5.87. The lowest BCUT2D eigenvalue weighted by atomic mass is 10.1. The van der Waals surface area contributed by atoms with Crippen molar-refractivity contribution in [2.75, 3.05) is 47.5 Å². The van der Waals surface area contributed by atoms with Crippen molar-refractivity contribution in [3.8, 4) is 0 Å². The summed E-state index contributed by atoms with van der Waals surface area (Å²) in [6.07, 6.45) is 91.0. The Morgan fingerprint density at radius 2 is 0.667 bits per heavy atom. The summed E-state index contributed by atoms with van der Waals surface area (Å²) in [6, 6.07) is 0. The number of hydrogen-bond donors (Lipinski definition) is 1. The lowest BCUT2D eigenvalue weighted by molar-refractivity contribution is -0.870. The monoisotopic (exact) mass is 1120 g/mol. The van der Waals surface area contributed by atoms with Crippen molar-refractivity contribution in [3.05, 3.63) is 194 Å². The summed E-state index contributed by atoms with van der Waals surface area (Å²) in [7, 11) is 5.92. The summed E-state index contributed by atoms with van der Waals surface area (Å²) >= 11 is 0. The van der Waals surface area contributed by atoms with E-state index < -0.39 is 30.3 Å². The highest BCUT2D eigenvalue weighted by Gasteiger charge is 2.25. The first-order valence-corrected chi connectivity index (χ1v) is 30.6. The van der Waals surface area contributed by atoms with Crippen LogP contribution in [0.5, 0.6) is 0 Å². The summed E-state index contributed by atoms with van der Waals surface area (Å²) < 4.78 is 22.8. The molecule has 0 bridgehead atoms. The molecule has 0 heterocycles. The normalized spacial score (nSPS) is 14.1. The van der Waals surface area contributed by atoms with Crippen molar-refractivity contribution in [1.82, 2.24) is 0 Å². The number of esters is 2. The summed E-state index contributed by atoms with van der Waals surface area (Å²) in [5.74, 6) is -2.13. The maximum Gasteiger partial charge on any atom is 0.361 e. The van der Waals surface area contributed by atoms with Crippen molar-refractivity contribution in [1.29, 1.82) is 0 Å². The molecule has 2 unspecified atom stereocenters. The van der Waals surface area contributed by atoms with Crippen molar-refractivity contribution in [2.45, 2.75) is 193 Å². The Kier molecular flexibility index (Phi) is 55.9. The molecule has 0 aliphatic rings. The van der Waals surface area contributed by atoms with Crippen LogP contribution < -0.4 is 0 Å². The largest absolute Gasteiger partial charge is 0.477 e. The number of unbranched alkanes of at least 4 members (excludes halogenated alkanes) is 6.